The molecule has 3 saturated heterocycles. The summed E-state index contributed by atoms with van der Waals surface area (Å²) in [5.41, 5.74) is 5.36. The summed E-state index contributed by atoms with van der Waals surface area (Å²) in [6, 6.07) is 17.8. The molecule has 5 aliphatic rings. The highest BCUT2D eigenvalue weighted by Crippen LogP contribution is 2.51. The average molecular weight is 763 g/mol. The third-order valence-electron chi connectivity index (χ3n) is 12.3. The summed E-state index contributed by atoms with van der Waals surface area (Å²) in [6.45, 7) is 3.31. The monoisotopic (exact) mass is 761 g/mol. The number of benzene rings is 3. The summed E-state index contributed by atoms with van der Waals surface area (Å²) in [5, 5.41) is 21.0. The Bertz CT molecular complexity index is 2580. The summed E-state index contributed by atoms with van der Waals surface area (Å²) in [7, 11) is 1.92. The van der Waals surface area contributed by atoms with E-state index < -0.39 is 5.82 Å². The lowest BCUT2D eigenvalue weighted by Crippen LogP contribution is -2.41. The number of aromatic nitrogens is 4. The van der Waals surface area contributed by atoms with Crippen LogP contribution in [0.1, 0.15) is 61.1 Å². The van der Waals surface area contributed by atoms with Crippen molar-refractivity contribution in [3.05, 3.63) is 87.5 Å². The second-order valence-corrected chi connectivity index (χ2v) is 16.3. The minimum Gasteiger partial charge on any atom is -0.488 e. The molecule has 1 amide bonds. The number of hydrogen-bond donors (Lipinski definition) is 1. The van der Waals surface area contributed by atoms with E-state index in [1.54, 1.807) is 18.2 Å². The molecule has 5 fully saturated rings. The Morgan fingerprint density at radius 2 is 1.94 bits per heavy atom. The Morgan fingerprint density at radius 3 is 2.70 bits per heavy atom. The third kappa shape index (κ3) is 5.15. The van der Waals surface area contributed by atoms with E-state index in [4.69, 9.17) is 32.9 Å². The van der Waals surface area contributed by atoms with Crippen molar-refractivity contribution in [3.8, 4) is 22.9 Å². The van der Waals surface area contributed by atoms with Crippen LogP contribution >= 0.6 is 23.2 Å². The zero-order valence-electron chi connectivity index (χ0n) is 30.0. The van der Waals surface area contributed by atoms with Gasteiger partial charge < -0.3 is 19.5 Å². The largest absolute Gasteiger partial charge is 0.488 e. The van der Waals surface area contributed by atoms with Gasteiger partial charge in [-0.15, -0.1) is 0 Å². The van der Waals surface area contributed by atoms with E-state index in [0.29, 0.717) is 58.1 Å². The van der Waals surface area contributed by atoms with Gasteiger partial charge in [-0.2, -0.15) is 10.4 Å². The molecular weight excluding hydrogens is 724 g/mol. The first-order valence-electron chi connectivity index (χ1n) is 18.8. The number of hydrogen-bond acceptors (Lipinski definition) is 6. The lowest BCUT2D eigenvalue weighted by Gasteiger charge is -2.39. The topological polar surface area (TPSA) is 101 Å². The van der Waals surface area contributed by atoms with Gasteiger partial charge in [0.25, 0.3) is 0 Å². The number of amides is 1. The summed E-state index contributed by atoms with van der Waals surface area (Å²) in [4.78, 5) is 21.1. The maximum atomic E-state index is 17.3. The van der Waals surface area contributed by atoms with Gasteiger partial charge in [0, 0.05) is 71.7 Å². The van der Waals surface area contributed by atoms with Crippen LogP contribution in [0.4, 0.5) is 4.39 Å². The number of pyridine rings is 1. The normalized spacial score (nSPS) is 23.4. The highest BCUT2D eigenvalue weighted by molar-refractivity contribution is 6.43. The molecule has 0 spiro atoms. The standard InChI is InChI=1S/C42H38Cl2FN7O2/c1-21-27-17-34(33-16-25(20-51(33)42(53)22-11-12-22)54-35-10-4-9-32-29(35)19-48-50(32)2)52(40-24-15-31(40)47-18-24)41(27)28-14-23(6-5-13-46)36(38(45)39(28)49-21)26-7-3-8-30(43)37(26)44/h3-4,7-10,14,17,19,22,24-25,31,33,40,47H,5-6,11-12,15-16,18,20H2,1-2H3. The second-order valence-electron chi connectivity index (χ2n) is 15.5. The van der Waals surface area contributed by atoms with E-state index in [1.807, 2.05) is 54.0 Å². The van der Waals surface area contributed by atoms with Crippen molar-refractivity contribution >= 4 is 61.8 Å². The fraction of sp³-hybridized carbons (Fsp3) is 0.381. The molecule has 5 atom stereocenters. The van der Waals surface area contributed by atoms with Gasteiger partial charge in [-0.25, -0.2) is 9.37 Å². The second kappa shape index (κ2) is 12.7. The smallest absolute Gasteiger partial charge is 0.226 e. The van der Waals surface area contributed by atoms with Crippen molar-refractivity contribution in [3.63, 3.8) is 0 Å². The van der Waals surface area contributed by atoms with Gasteiger partial charge in [0.2, 0.25) is 5.91 Å². The zero-order chi connectivity index (χ0) is 37.0. The van der Waals surface area contributed by atoms with Crippen LogP contribution in [0.5, 0.6) is 5.75 Å². The molecule has 11 rings (SSSR count). The maximum absolute atomic E-state index is 17.3. The minimum atomic E-state index is -0.483. The molecule has 2 aliphatic carbocycles. The van der Waals surface area contributed by atoms with Crippen LogP contribution in [0.3, 0.4) is 0 Å². The fourth-order valence-corrected chi connectivity index (χ4v) is 9.90. The molecular formula is C42H38Cl2FN7O2. The number of carbonyl (C=O) groups excluding carboxylic acids is 1. The molecule has 3 aromatic carbocycles. The van der Waals surface area contributed by atoms with E-state index in [9.17, 15) is 10.1 Å². The van der Waals surface area contributed by atoms with Crippen molar-refractivity contribution < 1.29 is 13.9 Å². The van der Waals surface area contributed by atoms with Gasteiger partial charge in [-0.3, -0.25) is 9.48 Å². The summed E-state index contributed by atoms with van der Waals surface area (Å²) < 4.78 is 28.3. The molecule has 1 N–H and O–H groups in total. The molecule has 9 nitrogen and oxygen atoms in total. The number of fused-ring (bicyclic) bond motifs is 5. The third-order valence-corrected chi connectivity index (χ3v) is 13.1. The van der Waals surface area contributed by atoms with Crippen LogP contribution in [0.25, 0.3) is 43.8 Å². The number of nitriles is 1. The molecule has 3 aliphatic heterocycles. The van der Waals surface area contributed by atoms with E-state index in [-0.39, 0.29) is 53.0 Å². The molecule has 274 valence electrons. The van der Waals surface area contributed by atoms with E-state index in [2.05, 4.69) is 27.1 Å². The number of likely N-dealkylation sites (tertiary alicyclic amines) is 1. The highest BCUT2D eigenvalue weighted by atomic mass is 35.5. The first-order valence-corrected chi connectivity index (χ1v) is 19.6. The van der Waals surface area contributed by atoms with Crippen molar-refractivity contribution in [2.24, 2.45) is 18.9 Å². The Labute approximate surface area is 321 Å². The molecule has 2 saturated carbocycles. The summed E-state index contributed by atoms with van der Waals surface area (Å²) in [6.07, 6.45) is 5.62. The number of nitrogens with one attached hydrogen (secondary N) is 1. The van der Waals surface area contributed by atoms with E-state index in [0.717, 1.165) is 59.1 Å². The van der Waals surface area contributed by atoms with Crippen LogP contribution in [-0.4, -0.2) is 55.4 Å². The quantitative estimate of drug-likeness (QED) is 0.167. The van der Waals surface area contributed by atoms with Gasteiger partial charge in [0.05, 0.1) is 57.4 Å². The first-order chi connectivity index (χ1) is 26.2. The minimum absolute atomic E-state index is 0.0325. The lowest BCUT2D eigenvalue weighted by molar-refractivity contribution is -0.133. The highest BCUT2D eigenvalue weighted by Gasteiger charge is 2.51. The van der Waals surface area contributed by atoms with Crippen LogP contribution < -0.4 is 10.1 Å². The number of halogens is 3. The Balaban J connectivity index is 1.17. The van der Waals surface area contributed by atoms with Crippen molar-refractivity contribution in [1.29, 1.82) is 5.26 Å². The van der Waals surface area contributed by atoms with Gasteiger partial charge >= 0.3 is 0 Å². The molecule has 3 aromatic heterocycles. The predicted molar refractivity (Wildman–Crippen MR) is 207 cm³/mol. The van der Waals surface area contributed by atoms with Crippen LogP contribution in [0.15, 0.2) is 54.7 Å². The number of rotatable bonds is 8. The SMILES string of the molecule is Cc1nc2c(F)c(-c3cccc(Cl)c3Cl)c(CCC#N)cc2c2c1cc(C1CC(Oc3cccc4c3cnn4C)CN1C(=O)C1CC1)n2C1C2CNC1C2. The molecule has 6 heterocycles. The van der Waals surface area contributed by atoms with Gasteiger partial charge in [-0.1, -0.05) is 41.4 Å². The van der Waals surface area contributed by atoms with E-state index in [1.165, 1.54) is 0 Å². The molecule has 5 unspecified atom stereocenters. The Hall–Kier alpha value is -4.69. The fourth-order valence-electron chi connectivity index (χ4n) is 9.50. The van der Waals surface area contributed by atoms with Gasteiger partial charge in [-0.05, 0) is 74.4 Å². The summed E-state index contributed by atoms with van der Waals surface area (Å²) in [5.74, 6) is 0.886. The maximum Gasteiger partial charge on any atom is 0.226 e. The molecule has 0 radical (unpaired) electrons. The molecule has 12 heteroatoms. The zero-order valence-corrected chi connectivity index (χ0v) is 31.5. The number of ether oxygens (including phenoxy) is 1. The lowest BCUT2D eigenvalue weighted by atomic mass is 9.79. The molecule has 6 aromatic rings. The Kier molecular flexibility index (Phi) is 7.95. The van der Waals surface area contributed by atoms with Gasteiger partial charge in [0.1, 0.15) is 17.4 Å². The summed E-state index contributed by atoms with van der Waals surface area (Å²) >= 11 is 13.1. The van der Waals surface area contributed by atoms with Crippen molar-refractivity contribution in [1.82, 2.24) is 29.5 Å². The van der Waals surface area contributed by atoms with Gasteiger partial charge in [0.15, 0.2) is 5.82 Å². The predicted octanol–water partition coefficient (Wildman–Crippen LogP) is 8.62. The number of carbonyl (C=O) groups is 1. The van der Waals surface area contributed by atoms with Crippen LogP contribution in [0, 0.1) is 35.9 Å². The van der Waals surface area contributed by atoms with Crippen LogP contribution in [0.2, 0.25) is 10.0 Å². The number of nitrogens with zero attached hydrogens (tertiary/aromatic N) is 6. The first kappa shape index (κ1) is 33.8. The Morgan fingerprint density at radius 1 is 1.11 bits per heavy atom. The van der Waals surface area contributed by atoms with Crippen molar-refractivity contribution in [2.75, 3.05) is 13.1 Å². The average Bonchev–Trinajstić information content (AvgIpc) is 3.56. The number of aryl methyl sites for hydroxylation is 3. The van der Waals surface area contributed by atoms with E-state index >= 15 is 4.39 Å². The van der Waals surface area contributed by atoms with Crippen LogP contribution in [-0.2, 0) is 18.3 Å². The molecule has 54 heavy (non-hydrogen) atoms. The van der Waals surface area contributed by atoms with Crippen molar-refractivity contribution in [2.45, 2.75) is 69.7 Å². The molecule has 2 bridgehead atoms.